The van der Waals surface area contributed by atoms with Crippen LogP contribution in [0, 0.1) is 52.3 Å². The van der Waals surface area contributed by atoms with Crippen molar-refractivity contribution in [2.75, 3.05) is 0 Å². The summed E-state index contributed by atoms with van der Waals surface area (Å²) in [6.45, 7) is 12.7. The summed E-state index contributed by atoms with van der Waals surface area (Å²) in [4.78, 5) is 12.9. The van der Waals surface area contributed by atoms with E-state index in [2.05, 4.69) is 40.7 Å². The third-order valence-corrected chi connectivity index (χ3v) is 13.9. The zero-order valence-corrected chi connectivity index (χ0v) is 25.8. The second kappa shape index (κ2) is 11.7. The van der Waals surface area contributed by atoms with E-state index in [9.17, 15) is 4.79 Å². The first-order valence-corrected chi connectivity index (χ1v) is 17.5. The van der Waals surface area contributed by atoms with Crippen LogP contribution < -0.4 is 0 Å². The molecule has 0 amide bonds. The van der Waals surface area contributed by atoms with Crippen LogP contribution in [-0.4, -0.2) is 10.4 Å². The summed E-state index contributed by atoms with van der Waals surface area (Å²) in [5.41, 5.74) is 2.75. The first kappa shape index (κ1) is 28.3. The Labute approximate surface area is 234 Å². The van der Waals surface area contributed by atoms with Crippen LogP contribution in [0.25, 0.3) is 0 Å². The minimum atomic E-state index is 0.411. The van der Waals surface area contributed by atoms with Crippen molar-refractivity contribution >= 4 is 16.9 Å². The molecule has 5 aliphatic carbocycles. The summed E-state index contributed by atoms with van der Waals surface area (Å²) >= 11 is 1.74. The Hall–Kier alpha value is -0.240. The van der Waals surface area contributed by atoms with E-state index < -0.39 is 0 Å². The normalized spacial score (nSPS) is 41.0. The van der Waals surface area contributed by atoms with Gasteiger partial charge in [0.15, 0.2) is 5.12 Å². The minimum absolute atomic E-state index is 0.411. The number of thioether (sulfide) groups is 1. The van der Waals surface area contributed by atoms with E-state index in [0.29, 0.717) is 27.1 Å². The van der Waals surface area contributed by atoms with Crippen molar-refractivity contribution in [3.63, 3.8) is 0 Å². The van der Waals surface area contributed by atoms with E-state index in [-0.39, 0.29) is 0 Å². The summed E-state index contributed by atoms with van der Waals surface area (Å²) in [6, 6.07) is 0. The lowest BCUT2D eigenvalue weighted by Gasteiger charge is -2.58. The first-order valence-electron chi connectivity index (χ1n) is 16.6. The SMILES string of the molecule is CC(C)CCC[C@@H](C)[C@@H]1CC[C@@H]2[C@H]3CC=C4C[C@@H](SC(=O)CC5CCCCC5)CC[C@]4(C)[C@@H]3CC[C@@]21C. The molecular formula is C35H58OS. The molecule has 0 aromatic heterocycles. The second-order valence-electron chi connectivity index (χ2n) is 15.4. The molecule has 0 aliphatic heterocycles. The van der Waals surface area contributed by atoms with Gasteiger partial charge in [-0.25, -0.2) is 0 Å². The van der Waals surface area contributed by atoms with Crippen LogP contribution in [0.5, 0.6) is 0 Å². The van der Waals surface area contributed by atoms with Crippen LogP contribution in [0.15, 0.2) is 11.6 Å². The Bertz CT molecular complexity index is 823. The number of rotatable bonds is 8. The molecule has 210 valence electrons. The van der Waals surface area contributed by atoms with Crippen molar-refractivity contribution in [2.45, 2.75) is 149 Å². The number of fused-ring (bicyclic) bond motifs is 5. The fourth-order valence-electron chi connectivity index (χ4n) is 10.6. The number of carbonyl (C=O) groups excluding carboxylic acids is 1. The van der Waals surface area contributed by atoms with Crippen LogP contribution in [0.1, 0.15) is 144 Å². The topological polar surface area (TPSA) is 17.1 Å². The Kier molecular flexibility index (Phi) is 8.95. The van der Waals surface area contributed by atoms with E-state index >= 15 is 0 Å². The molecule has 0 saturated heterocycles. The maximum atomic E-state index is 12.9. The van der Waals surface area contributed by atoms with E-state index in [1.54, 1.807) is 17.3 Å². The molecule has 0 bridgehead atoms. The van der Waals surface area contributed by atoms with Crippen LogP contribution in [0.4, 0.5) is 0 Å². The molecule has 1 nitrogen and oxygen atoms in total. The standard InChI is InChI=1S/C35H58OS/c1-24(2)10-9-11-25(3)30-16-17-31-29-15-14-27-23-28(37-33(36)22-26-12-7-6-8-13-26)18-20-34(27,4)32(29)19-21-35(30,31)5/h14,24-26,28-32H,6-13,15-23H2,1-5H3/t25-,28+,29-,30+,31-,32-,34+,35-/m1/s1. The van der Waals surface area contributed by atoms with Crippen LogP contribution >= 0.6 is 11.8 Å². The monoisotopic (exact) mass is 526 g/mol. The molecule has 0 aromatic carbocycles. The third-order valence-electron chi connectivity index (χ3n) is 12.7. The van der Waals surface area contributed by atoms with Gasteiger partial charge in [0.2, 0.25) is 0 Å². The molecule has 0 spiro atoms. The summed E-state index contributed by atoms with van der Waals surface area (Å²) in [5, 5.41) is 1.05. The van der Waals surface area contributed by atoms with Gasteiger partial charge in [-0.05, 0) is 116 Å². The Morgan fingerprint density at radius 2 is 1.73 bits per heavy atom. The second-order valence-corrected chi connectivity index (χ2v) is 16.7. The molecule has 8 atom stereocenters. The third kappa shape index (κ3) is 5.81. The Morgan fingerprint density at radius 3 is 2.49 bits per heavy atom. The average molecular weight is 527 g/mol. The molecule has 5 aliphatic rings. The fraction of sp³-hybridized carbons (Fsp3) is 0.914. The smallest absolute Gasteiger partial charge is 0.189 e. The molecule has 0 heterocycles. The summed E-state index contributed by atoms with van der Waals surface area (Å²) < 4.78 is 0. The lowest BCUT2D eigenvalue weighted by atomic mass is 9.47. The van der Waals surface area contributed by atoms with Crippen LogP contribution in [-0.2, 0) is 4.79 Å². The minimum Gasteiger partial charge on any atom is -0.287 e. The van der Waals surface area contributed by atoms with Gasteiger partial charge < -0.3 is 0 Å². The van der Waals surface area contributed by atoms with Gasteiger partial charge in [0.1, 0.15) is 0 Å². The van der Waals surface area contributed by atoms with Crippen molar-refractivity contribution in [3.8, 4) is 0 Å². The predicted octanol–water partition coefficient (Wildman–Crippen LogP) is 10.6. The lowest BCUT2D eigenvalue weighted by Crippen LogP contribution is -2.50. The highest BCUT2D eigenvalue weighted by Crippen LogP contribution is 2.67. The number of carbonyl (C=O) groups is 1. The van der Waals surface area contributed by atoms with Gasteiger partial charge in [0.25, 0.3) is 0 Å². The van der Waals surface area contributed by atoms with E-state index in [0.717, 1.165) is 41.9 Å². The van der Waals surface area contributed by atoms with Gasteiger partial charge in [-0.1, -0.05) is 96.6 Å². The highest BCUT2D eigenvalue weighted by molar-refractivity contribution is 8.14. The molecular weight excluding hydrogens is 468 g/mol. The average Bonchev–Trinajstić information content (AvgIpc) is 3.22. The van der Waals surface area contributed by atoms with Crippen molar-refractivity contribution < 1.29 is 4.79 Å². The van der Waals surface area contributed by atoms with Gasteiger partial charge in [-0.3, -0.25) is 4.79 Å². The molecule has 0 aromatic rings. The molecule has 5 rings (SSSR count). The zero-order chi connectivity index (χ0) is 26.2. The maximum Gasteiger partial charge on any atom is 0.189 e. The van der Waals surface area contributed by atoms with E-state index in [1.165, 1.54) is 103 Å². The molecule has 4 saturated carbocycles. The summed E-state index contributed by atoms with van der Waals surface area (Å²) in [7, 11) is 0. The summed E-state index contributed by atoms with van der Waals surface area (Å²) in [6.07, 6.45) is 25.5. The fourth-order valence-corrected chi connectivity index (χ4v) is 11.8. The Balaban J connectivity index is 1.20. The highest BCUT2D eigenvalue weighted by Gasteiger charge is 2.59. The quantitative estimate of drug-likeness (QED) is 0.293. The summed E-state index contributed by atoms with van der Waals surface area (Å²) in [5.74, 6) is 6.13. The Morgan fingerprint density at radius 1 is 0.946 bits per heavy atom. The van der Waals surface area contributed by atoms with Crippen molar-refractivity contribution in [1.82, 2.24) is 0 Å². The van der Waals surface area contributed by atoms with Crippen molar-refractivity contribution in [3.05, 3.63) is 11.6 Å². The van der Waals surface area contributed by atoms with E-state index in [1.807, 2.05) is 0 Å². The number of hydrogen-bond acceptors (Lipinski definition) is 2. The molecule has 0 radical (unpaired) electrons. The maximum absolute atomic E-state index is 12.9. The molecule has 37 heavy (non-hydrogen) atoms. The van der Waals surface area contributed by atoms with Crippen molar-refractivity contribution in [1.29, 1.82) is 0 Å². The lowest BCUT2D eigenvalue weighted by molar-refractivity contribution is -0.112. The largest absolute Gasteiger partial charge is 0.287 e. The van der Waals surface area contributed by atoms with Gasteiger partial charge in [0, 0.05) is 11.7 Å². The molecule has 0 N–H and O–H groups in total. The molecule has 2 heteroatoms. The number of allylic oxidation sites excluding steroid dienone is 2. The van der Waals surface area contributed by atoms with Crippen molar-refractivity contribution in [2.24, 2.45) is 52.3 Å². The van der Waals surface area contributed by atoms with Gasteiger partial charge >= 0.3 is 0 Å². The van der Waals surface area contributed by atoms with Gasteiger partial charge in [-0.15, -0.1) is 0 Å². The van der Waals surface area contributed by atoms with Crippen LogP contribution in [0.2, 0.25) is 0 Å². The first-order chi connectivity index (χ1) is 17.7. The zero-order valence-electron chi connectivity index (χ0n) is 25.0. The molecule has 0 unspecified atom stereocenters. The van der Waals surface area contributed by atoms with Gasteiger partial charge in [0.05, 0.1) is 0 Å². The van der Waals surface area contributed by atoms with E-state index in [4.69, 9.17) is 0 Å². The molecule has 4 fully saturated rings. The highest BCUT2D eigenvalue weighted by atomic mass is 32.2. The number of hydrogen-bond donors (Lipinski definition) is 0. The van der Waals surface area contributed by atoms with Crippen LogP contribution in [0.3, 0.4) is 0 Å². The predicted molar refractivity (Wildman–Crippen MR) is 161 cm³/mol. The van der Waals surface area contributed by atoms with Gasteiger partial charge in [-0.2, -0.15) is 0 Å².